The summed E-state index contributed by atoms with van der Waals surface area (Å²) in [5, 5.41) is 5.24. The highest BCUT2D eigenvalue weighted by Crippen LogP contribution is 2.11. The molecular formula is C16H19N3O3. The normalized spacial score (nSPS) is 10.1. The molecule has 0 aliphatic heterocycles. The predicted octanol–water partition coefficient (Wildman–Crippen LogP) is 1.39. The number of rotatable bonds is 6. The minimum Gasteiger partial charge on any atom is -0.459 e. The zero-order valence-electron chi connectivity index (χ0n) is 12.6. The second-order valence-corrected chi connectivity index (χ2v) is 5.00. The van der Waals surface area contributed by atoms with Gasteiger partial charge >= 0.3 is 0 Å². The molecule has 2 amide bonds. The van der Waals surface area contributed by atoms with E-state index in [0.29, 0.717) is 6.54 Å². The molecule has 1 aromatic heterocycles. The number of nitrogens with zero attached hydrogens (tertiary/aromatic N) is 1. The van der Waals surface area contributed by atoms with Gasteiger partial charge in [-0.05, 0) is 29.8 Å². The van der Waals surface area contributed by atoms with Crippen LogP contribution in [0.5, 0.6) is 0 Å². The van der Waals surface area contributed by atoms with E-state index < -0.39 is 5.91 Å². The fraction of sp³-hybridized carbons (Fsp3) is 0.250. The van der Waals surface area contributed by atoms with Gasteiger partial charge in [0.2, 0.25) is 5.91 Å². The van der Waals surface area contributed by atoms with Crippen LogP contribution < -0.4 is 15.5 Å². The molecule has 6 heteroatoms. The van der Waals surface area contributed by atoms with Gasteiger partial charge in [-0.1, -0.05) is 12.1 Å². The van der Waals surface area contributed by atoms with E-state index in [1.165, 1.54) is 6.26 Å². The molecule has 2 rings (SSSR count). The van der Waals surface area contributed by atoms with Crippen LogP contribution in [0.4, 0.5) is 5.69 Å². The van der Waals surface area contributed by atoms with E-state index in [1.54, 1.807) is 12.1 Å². The van der Waals surface area contributed by atoms with Crippen LogP contribution >= 0.6 is 0 Å². The van der Waals surface area contributed by atoms with Crippen molar-refractivity contribution in [3.05, 3.63) is 54.0 Å². The van der Waals surface area contributed by atoms with Crippen molar-refractivity contribution in [3.8, 4) is 0 Å². The van der Waals surface area contributed by atoms with Gasteiger partial charge in [0, 0.05) is 26.3 Å². The smallest absolute Gasteiger partial charge is 0.287 e. The Hall–Kier alpha value is -2.76. The summed E-state index contributed by atoms with van der Waals surface area (Å²) < 4.78 is 4.94. The number of carbonyl (C=O) groups excluding carboxylic acids is 2. The number of amides is 2. The van der Waals surface area contributed by atoms with Crippen LogP contribution in [-0.4, -0.2) is 32.5 Å². The fourth-order valence-electron chi connectivity index (χ4n) is 1.83. The van der Waals surface area contributed by atoms with Gasteiger partial charge in [-0.15, -0.1) is 0 Å². The molecule has 0 saturated carbocycles. The van der Waals surface area contributed by atoms with Crippen molar-refractivity contribution in [2.24, 2.45) is 0 Å². The molecule has 0 fully saturated rings. The van der Waals surface area contributed by atoms with Crippen molar-refractivity contribution in [1.29, 1.82) is 0 Å². The molecule has 0 aliphatic carbocycles. The maximum atomic E-state index is 11.7. The molecular weight excluding hydrogens is 282 g/mol. The van der Waals surface area contributed by atoms with Crippen LogP contribution in [0.1, 0.15) is 16.1 Å². The Morgan fingerprint density at radius 3 is 2.41 bits per heavy atom. The lowest BCUT2D eigenvalue weighted by molar-refractivity contribution is -0.120. The van der Waals surface area contributed by atoms with E-state index in [9.17, 15) is 9.59 Å². The molecule has 0 aliphatic rings. The van der Waals surface area contributed by atoms with Crippen molar-refractivity contribution >= 4 is 17.5 Å². The molecule has 0 spiro atoms. The maximum Gasteiger partial charge on any atom is 0.287 e. The maximum absolute atomic E-state index is 11.7. The van der Waals surface area contributed by atoms with E-state index >= 15 is 0 Å². The van der Waals surface area contributed by atoms with Crippen LogP contribution in [0.2, 0.25) is 0 Å². The van der Waals surface area contributed by atoms with Crippen LogP contribution in [0.25, 0.3) is 0 Å². The standard InChI is InChI=1S/C16H19N3O3/c1-19(2)13-7-5-12(6-8-13)10-17-15(20)11-18-16(21)14-4-3-9-22-14/h3-9H,10-11H2,1-2H3,(H,17,20)(H,18,21). The Labute approximate surface area is 129 Å². The molecule has 0 atom stereocenters. The molecule has 0 saturated heterocycles. The lowest BCUT2D eigenvalue weighted by atomic mass is 10.2. The predicted molar refractivity (Wildman–Crippen MR) is 83.7 cm³/mol. The van der Waals surface area contributed by atoms with Crippen LogP contribution in [-0.2, 0) is 11.3 Å². The first-order valence-electron chi connectivity index (χ1n) is 6.91. The number of hydrogen-bond donors (Lipinski definition) is 2. The first-order chi connectivity index (χ1) is 10.6. The summed E-state index contributed by atoms with van der Waals surface area (Å²) >= 11 is 0. The number of hydrogen-bond acceptors (Lipinski definition) is 4. The number of benzene rings is 1. The van der Waals surface area contributed by atoms with Gasteiger partial charge in [-0.2, -0.15) is 0 Å². The second kappa shape index (κ2) is 7.31. The molecule has 1 heterocycles. The van der Waals surface area contributed by atoms with Gasteiger partial charge in [-0.25, -0.2) is 0 Å². The number of furan rings is 1. The van der Waals surface area contributed by atoms with Crippen LogP contribution in [0.15, 0.2) is 47.1 Å². The number of nitrogens with one attached hydrogen (secondary N) is 2. The summed E-state index contributed by atoms with van der Waals surface area (Å²) in [6.45, 7) is 0.332. The summed E-state index contributed by atoms with van der Waals surface area (Å²) in [5.74, 6) is -0.473. The van der Waals surface area contributed by atoms with Crippen LogP contribution in [0, 0.1) is 0 Å². The van der Waals surface area contributed by atoms with E-state index in [4.69, 9.17) is 4.42 Å². The Morgan fingerprint density at radius 1 is 1.09 bits per heavy atom. The molecule has 22 heavy (non-hydrogen) atoms. The molecule has 116 valence electrons. The summed E-state index contributed by atoms with van der Waals surface area (Å²) in [6, 6.07) is 11.0. The first-order valence-corrected chi connectivity index (χ1v) is 6.91. The minimum absolute atomic E-state index is 0.0880. The molecule has 6 nitrogen and oxygen atoms in total. The van der Waals surface area contributed by atoms with Gasteiger partial charge in [0.05, 0.1) is 12.8 Å². The van der Waals surface area contributed by atoms with Gasteiger partial charge < -0.3 is 20.0 Å². The molecule has 2 aromatic rings. The summed E-state index contributed by atoms with van der Waals surface area (Å²) in [5.41, 5.74) is 2.09. The van der Waals surface area contributed by atoms with E-state index in [1.807, 2.05) is 43.3 Å². The average molecular weight is 301 g/mol. The number of anilines is 1. The second-order valence-electron chi connectivity index (χ2n) is 5.00. The van der Waals surface area contributed by atoms with Crippen LogP contribution in [0.3, 0.4) is 0 Å². The number of carbonyl (C=O) groups is 2. The van der Waals surface area contributed by atoms with Crippen molar-refractivity contribution in [2.45, 2.75) is 6.54 Å². The van der Waals surface area contributed by atoms with Crippen molar-refractivity contribution in [3.63, 3.8) is 0 Å². The van der Waals surface area contributed by atoms with Crippen molar-refractivity contribution in [2.75, 3.05) is 25.5 Å². The molecule has 0 bridgehead atoms. The Kier molecular flexibility index (Phi) is 5.19. The van der Waals surface area contributed by atoms with Crippen molar-refractivity contribution < 1.29 is 14.0 Å². The zero-order valence-corrected chi connectivity index (χ0v) is 12.6. The SMILES string of the molecule is CN(C)c1ccc(CNC(=O)CNC(=O)c2ccco2)cc1. The quantitative estimate of drug-likeness (QED) is 0.845. The highest BCUT2D eigenvalue weighted by molar-refractivity contribution is 5.94. The van der Waals surface area contributed by atoms with E-state index in [0.717, 1.165) is 11.3 Å². The summed E-state index contributed by atoms with van der Waals surface area (Å²) in [4.78, 5) is 25.3. The highest BCUT2D eigenvalue weighted by atomic mass is 16.3. The topological polar surface area (TPSA) is 74.6 Å². The molecule has 1 aromatic carbocycles. The lowest BCUT2D eigenvalue weighted by Crippen LogP contribution is -2.36. The lowest BCUT2D eigenvalue weighted by Gasteiger charge is -2.13. The highest BCUT2D eigenvalue weighted by Gasteiger charge is 2.09. The third kappa shape index (κ3) is 4.37. The molecule has 2 N–H and O–H groups in total. The molecule has 0 unspecified atom stereocenters. The van der Waals surface area contributed by atoms with Gasteiger partial charge in [0.25, 0.3) is 5.91 Å². The molecule has 0 radical (unpaired) electrons. The van der Waals surface area contributed by atoms with Gasteiger partial charge in [-0.3, -0.25) is 9.59 Å². The minimum atomic E-state index is -0.407. The van der Waals surface area contributed by atoms with E-state index in [2.05, 4.69) is 10.6 Å². The summed E-state index contributed by atoms with van der Waals surface area (Å²) in [7, 11) is 3.94. The largest absolute Gasteiger partial charge is 0.459 e. The fourth-order valence-corrected chi connectivity index (χ4v) is 1.83. The monoisotopic (exact) mass is 301 g/mol. The Morgan fingerprint density at radius 2 is 1.82 bits per heavy atom. The summed E-state index contributed by atoms with van der Waals surface area (Å²) in [6.07, 6.45) is 1.41. The Balaban J connectivity index is 1.74. The zero-order chi connectivity index (χ0) is 15.9. The third-order valence-electron chi connectivity index (χ3n) is 3.10. The van der Waals surface area contributed by atoms with E-state index in [-0.39, 0.29) is 18.2 Å². The average Bonchev–Trinajstić information content (AvgIpc) is 3.05. The third-order valence-corrected chi connectivity index (χ3v) is 3.10. The van der Waals surface area contributed by atoms with Gasteiger partial charge in [0.1, 0.15) is 0 Å². The first kappa shape index (κ1) is 15.6. The van der Waals surface area contributed by atoms with Crippen molar-refractivity contribution in [1.82, 2.24) is 10.6 Å². The van der Waals surface area contributed by atoms with Gasteiger partial charge in [0.15, 0.2) is 5.76 Å². The Bertz CT molecular complexity index is 619.